The second kappa shape index (κ2) is 7.45. The number of carbonyl (C=O) groups is 1. The molecule has 0 aliphatic rings. The lowest BCUT2D eigenvalue weighted by atomic mass is 10.0. The van der Waals surface area contributed by atoms with Crippen LogP contribution in [0, 0.1) is 5.92 Å². The topological polar surface area (TPSA) is 46.5 Å². The molecule has 2 unspecified atom stereocenters. The van der Waals surface area contributed by atoms with Crippen molar-refractivity contribution in [2.24, 2.45) is 5.92 Å². The van der Waals surface area contributed by atoms with Crippen molar-refractivity contribution in [2.75, 3.05) is 7.11 Å². The number of esters is 1. The van der Waals surface area contributed by atoms with Crippen LogP contribution in [0.3, 0.4) is 0 Å². The minimum Gasteiger partial charge on any atom is -0.466 e. The van der Waals surface area contributed by atoms with Gasteiger partial charge >= 0.3 is 5.97 Å². The molecule has 0 saturated heterocycles. The molecule has 3 nitrogen and oxygen atoms in total. The zero-order chi connectivity index (χ0) is 13.4. The molecule has 1 aromatic carbocycles. The molecular formula is C15H18O3. The summed E-state index contributed by atoms with van der Waals surface area (Å²) < 4.78 is 4.48. The van der Waals surface area contributed by atoms with Gasteiger partial charge < -0.3 is 9.84 Å². The van der Waals surface area contributed by atoms with Crippen molar-refractivity contribution in [1.29, 1.82) is 0 Å². The average Bonchev–Trinajstić information content (AvgIpc) is 2.42. The van der Waals surface area contributed by atoms with Gasteiger partial charge in [0.05, 0.1) is 13.2 Å². The van der Waals surface area contributed by atoms with Crippen LogP contribution in [0.5, 0.6) is 0 Å². The SMILES string of the molecule is COC(=O)/C=C/C(C)C(O)/C=C/c1ccccc1. The lowest BCUT2D eigenvalue weighted by Crippen LogP contribution is -2.12. The third kappa shape index (κ3) is 4.97. The molecule has 1 rings (SSSR count). The first-order valence-corrected chi connectivity index (χ1v) is 5.81. The summed E-state index contributed by atoms with van der Waals surface area (Å²) in [6.07, 6.45) is 5.89. The van der Waals surface area contributed by atoms with Crippen molar-refractivity contribution in [3.8, 4) is 0 Å². The monoisotopic (exact) mass is 246 g/mol. The first-order valence-electron chi connectivity index (χ1n) is 5.81. The van der Waals surface area contributed by atoms with Crippen molar-refractivity contribution in [3.05, 3.63) is 54.1 Å². The number of carbonyl (C=O) groups excluding carboxylic acids is 1. The standard InChI is InChI=1S/C15H18O3/c1-12(8-11-15(17)18-2)14(16)10-9-13-6-4-3-5-7-13/h3-12,14,16H,1-2H3/b10-9+,11-8+. The van der Waals surface area contributed by atoms with Gasteiger partial charge in [-0.15, -0.1) is 0 Å². The van der Waals surface area contributed by atoms with Crippen LogP contribution in [0.4, 0.5) is 0 Å². The molecule has 0 saturated carbocycles. The molecule has 0 amide bonds. The van der Waals surface area contributed by atoms with Crippen LogP contribution in [0.2, 0.25) is 0 Å². The summed E-state index contributed by atoms with van der Waals surface area (Å²) >= 11 is 0. The molecule has 2 atom stereocenters. The van der Waals surface area contributed by atoms with Gasteiger partial charge in [-0.25, -0.2) is 4.79 Å². The normalized spacial score (nSPS) is 14.8. The second-order valence-corrected chi connectivity index (χ2v) is 4.00. The van der Waals surface area contributed by atoms with Crippen LogP contribution in [-0.2, 0) is 9.53 Å². The van der Waals surface area contributed by atoms with Gasteiger partial charge in [0.15, 0.2) is 0 Å². The van der Waals surface area contributed by atoms with Gasteiger partial charge in [-0.3, -0.25) is 0 Å². The van der Waals surface area contributed by atoms with Crippen molar-refractivity contribution < 1.29 is 14.6 Å². The molecule has 1 aromatic rings. The Balaban J connectivity index is 2.54. The van der Waals surface area contributed by atoms with Crippen molar-refractivity contribution in [2.45, 2.75) is 13.0 Å². The number of ether oxygens (including phenoxy) is 1. The van der Waals surface area contributed by atoms with Crippen molar-refractivity contribution in [1.82, 2.24) is 0 Å². The maximum atomic E-state index is 10.9. The lowest BCUT2D eigenvalue weighted by molar-refractivity contribution is -0.134. The number of benzene rings is 1. The van der Waals surface area contributed by atoms with Crippen LogP contribution in [0.15, 0.2) is 48.6 Å². The molecule has 0 spiro atoms. The first kappa shape index (κ1) is 14.2. The van der Waals surface area contributed by atoms with E-state index in [1.807, 2.05) is 43.3 Å². The maximum Gasteiger partial charge on any atom is 0.330 e. The Bertz CT molecular complexity index is 421. The van der Waals surface area contributed by atoms with Gasteiger partial charge in [-0.2, -0.15) is 0 Å². The van der Waals surface area contributed by atoms with Crippen molar-refractivity contribution in [3.63, 3.8) is 0 Å². The average molecular weight is 246 g/mol. The Labute approximate surface area is 107 Å². The highest BCUT2D eigenvalue weighted by atomic mass is 16.5. The summed E-state index contributed by atoms with van der Waals surface area (Å²) in [6, 6.07) is 9.73. The summed E-state index contributed by atoms with van der Waals surface area (Å²) in [6.45, 7) is 1.83. The lowest BCUT2D eigenvalue weighted by Gasteiger charge is -2.10. The van der Waals surface area contributed by atoms with Gasteiger partial charge in [-0.05, 0) is 5.56 Å². The Hall–Kier alpha value is -1.87. The zero-order valence-corrected chi connectivity index (χ0v) is 10.6. The Morgan fingerprint density at radius 1 is 1.28 bits per heavy atom. The largest absolute Gasteiger partial charge is 0.466 e. The van der Waals surface area contributed by atoms with E-state index in [9.17, 15) is 9.90 Å². The van der Waals surface area contributed by atoms with Crippen LogP contribution in [-0.4, -0.2) is 24.3 Å². The number of aliphatic hydroxyl groups excluding tert-OH is 1. The predicted octanol–water partition coefficient (Wildman–Crippen LogP) is 2.43. The number of rotatable bonds is 5. The van der Waals surface area contributed by atoms with E-state index in [1.54, 1.807) is 12.2 Å². The van der Waals surface area contributed by atoms with E-state index in [-0.39, 0.29) is 5.92 Å². The minimum atomic E-state index is -0.633. The molecule has 96 valence electrons. The Morgan fingerprint density at radius 2 is 1.94 bits per heavy atom. The van der Waals surface area contributed by atoms with Crippen LogP contribution in [0.25, 0.3) is 6.08 Å². The van der Waals surface area contributed by atoms with Gasteiger partial charge in [0.25, 0.3) is 0 Å². The number of hydrogen-bond donors (Lipinski definition) is 1. The molecule has 18 heavy (non-hydrogen) atoms. The fourth-order valence-electron chi connectivity index (χ4n) is 1.36. The first-order chi connectivity index (χ1) is 8.63. The molecule has 0 aromatic heterocycles. The molecule has 0 aliphatic carbocycles. The Morgan fingerprint density at radius 3 is 2.56 bits per heavy atom. The van der Waals surface area contributed by atoms with E-state index >= 15 is 0 Å². The van der Waals surface area contributed by atoms with Crippen molar-refractivity contribution >= 4 is 12.0 Å². The van der Waals surface area contributed by atoms with Gasteiger partial charge in [0.2, 0.25) is 0 Å². The summed E-state index contributed by atoms with van der Waals surface area (Å²) in [5.41, 5.74) is 1.03. The van der Waals surface area contributed by atoms with Crippen LogP contribution >= 0.6 is 0 Å². The van der Waals surface area contributed by atoms with E-state index in [0.29, 0.717) is 0 Å². The highest BCUT2D eigenvalue weighted by Crippen LogP contribution is 2.09. The van der Waals surface area contributed by atoms with E-state index < -0.39 is 12.1 Å². The summed E-state index contributed by atoms with van der Waals surface area (Å²) in [5, 5.41) is 9.87. The molecule has 0 heterocycles. The summed E-state index contributed by atoms with van der Waals surface area (Å²) in [5.74, 6) is -0.565. The minimum absolute atomic E-state index is 0.149. The van der Waals surface area contributed by atoms with Gasteiger partial charge in [0.1, 0.15) is 0 Å². The van der Waals surface area contributed by atoms with E-state index in [4.69, 9.17) is 0 Å². The number of aliphatic hydroxyl groups is 1. The zero-order valence-electron chi connectivity index (χ0n) is 10.6. The van der Waals surface area contributed by atoms with E-state index in [2.05, 4.69) is 4.74 Å². The van der Waals surface area contributed by atoms with Crippen LogP contribution < -0.4 is 0 Å². The smallest absolute Gasteiger partial charge is 0.330 e. The third-order valence-corrected chi connectivity index (χ3v) is 2.56. The quantitative estimate of drug-likeness (QED) is 0.641. The number of hydrogen-bond acceptors (Lipinski definition) is 3. The molecule has 1 N–H and O–H groups in total. The molecule has 0 bridgehead atoms. The van der Waals surface area contributed by atoms with Gasteiger partial charge in [-0.1, -0.05) is 55.5 Å². The molecule has 0 aliphatic heterocycles. The van der Waals surface area contributed by atoms with Crippen LogP contribution in [0.1, 0.15) is 12.5 Å². The fraction of sp³-hybridized carbons (Fsp3) is 0.267. The van der Waals surface area contributed by atoms with E-state index in [0.717, 1.165) is 5.56 Å². The van der Waals surface area contributed by atoms with Gasteiger partial charge in [0, 0.05) is 12.0 Å². The Kier molecular flexibility index (Phi) is 5.88. The summed E-state index contributed by atoms with van der Waals surface area (Å²) in [4.78, 5) is 10.9. The highest BCUT2D eigenvalue weighted by Gasteiger charge is 2.07. The maximum absolute atomic E-state index is 10.9. The predicted molar refractivity (Wildman–Crippen MR) is 71.8 cm³/mol. The molecule has 3 heteroatoms. The highest BCUT2D eigenvalue weighted by molar-refractivity contribution is 5.81. The summed E-state index contributed by atoms with van der Waals surface area (Å²) in [7, 11) is 1.32. The van der Waals surface area contributed by atoms with E-state index in [1.165, 1.54) is 13.2 Å². The fourth-order valence-corrected chi connectivity index (χ4v) is 1.36. The second-order valence-electron chi connectivity index (χ2n) is 4.00. The third-order valence-electron chi connectivity index (χ3n) is 2.56. The molecule has 0 fully saturated rings. The number of methoxy groups -OCH3 is 1. The molecule has 0 radical (unpaired) electrons. The molecular weight excluding hydrogens is 228 g/mol.